The van der Waals surface area contributed by atoms with Crippen LogP contribution in [-0.4, -0.2) is 9.78 Å². The number of nitrogens with two attached hydrogens (primary N) is 2. The number of nitrogens with zero attached hydrogens (tertiary/aromatic N) is 2. The number of hydrogen-bond acceptors (Lipinski definition) is 3. The zero-order valence-corrected chi connectivity index (χ0v) is 6.04. The molecule has 0 aromatic carbocycles. The summed E-state index contributed by atoms with van der Waals surface area (Å²) in [6.45, 7) is 2.95. The molecule has 0 saturated carbocycles. The number of rotatable bonds is 2. The minimum Gasteiger partial charge on any atom is -0.394 e. The summed E-state index contributed by atoms with van der Waals surface area (Å²) in [4.78, 5) is 0. The summed E-state index contributed by atoms with van der Waals surface area (Å²) in [7, 11) is 0. The molecule has 4 heteroatoms. The Labute approximate surface area is 59.8 Å². The van der Waals surface area contributed by atoms with Crippen molar-refractivity contribution in [2.75, 3.05) is 11.5 Å². The Morgan fingerprint density at radius 3 is 2.70 bits per heavy atom. The van der Waals surface area contributed by atoms with Gasteiger partial charge >= 0.3 is 0 Å². The van der Waals surface area contributed by atoms with Crippen molar-refractivity contribution in [3.63, 3.8) is 0 Å². The van der Waals surface area contributed by atoms with Crippen LogP contribution in [0.5, 0.6) is 0 Å². The van der Waals surface area contributed by atoms with E-state index in [4.69, 9.17) is 11.5 Å². The van der Waals surface area contributed by atoms with Gasteiger partial charge in [-0.15, -0.1) is 0 Å². The highest BCUT2D eigenvalue weighted by Gasteiger charge is 1.98. The van der Waals surface area contributed by atoms with Crippen molar-refractivity contribution < 1.29 is 0 Å². The Kier molecular flexibility index (Phi) is 1.80. The summed E-state index contributed by atoms with van der Waals surface area (Å²) in [5, 5.41) is 3.97. The Morgan fingerprint density at radius 1 is 1.60 bits per heavy atom. The van der Waals surface area contributed by atoms with E-state index in [0.717, 1.165) is 13.0 Å². The number of hydrogen-bond donors (Lipinski definition) is 2. The molecule has 10 heavy (non-hydrogen) atoms. The van der Waals surface area contributed by atoms with Gasteiger partial charge in [0.25, 0.3) is 0 Å². The van der Waals surface area contributed by atoms with Gasteiger partial charge in [-0.05, 0) is 6.42 Å². The lowest BCUT2D eigenvalue weighted by Crippen LogP contribution is -1.97. The highest BCUT2D eigenvalue weighted by Crippen LogP contribution is 2.09. The van der Waals surface area contributed by atoms with Crippen LogP contribution in [0.15, 0.2) is 6.20 Å². The molecular weight excluding hydrogens is 128 g/mol. The van der Waals surface area contributed by atoms with Crippen molar-refractivity contribution in [1.82, 2.24) is 9.78 Å². The third-order valence-corrected chi connectivity index (χ3v) is 1.27. The summed E-state index contributed by atoms with van der Waals surface area (Å²) in [6, 6.07) is 0. The zero-order chi connectivity index (χ0) is 7.56. The zero-order valence-electron chi connectivity index (χ0n) is 6.04. The van der Waals surface area contributed by atoms with Gasteiger partial charge in [-0.3, -0.25) is 4.68 Å². The van der Waals surface area contributed by atoms with Crippen LogP contribution in [0.3, 0.4) is 0 Å². The van der Waals surface area contributed by atoms with Gasteiger partial charge in [0, 0.05) is 6.54 Å². The van der Waals surface area contributed by atoms with Crippen LogP contribution in [0.4, 0.5) is 11.5 Å². The number of aryl methyl sites for hydroxylation is 1. The van der Waals surface area contributed by atoms with Crippen LogP contribution >= 0.6 is 0 Å². The Morgan fingerprint density at radius 2 is 2.30 bits per heavy atom. The fourth-order valence-electron chi connectivity index (χ4n) is 0.795. The monoisotopic (exact) mass is 140 g/mol. The molecule has 1 heterocycles. The Hall–Kier alpha value is -1.19. The lowest BCUT2D eigenvalue weighted by Gasteiger charge is -1.93. The molecule has 56 valence electrons. The van der Waals surface area contributed by atoms with E-state index < -0.39 is 0 Å². The van der Waals surface area contributed by atoms with Crippen molar-refractivity contribution in [2.24, 2.45) is 0 Å². The molecule has 0 amide bonds. The van der Waals surface area contributed by atoms with E-state index in [-0.39, 0.29) is 0 Å². The van der Waals surface area contributed by atoms with Crippen LogP contribution in [0, 0.1) is 0 Å². The molecule has 1 aromatic heterocycles. The van der Waals surface area contributed by atoms with Gasteiger partial charge in [0.2, 0.25) is 0 Å². The van der Waals surface area contributed by atoms with Crippen LogP contribution in [0.25, 0.3) is 0 Å². The highest BCUT2D eigenvalue weighted by atomic mass is 15.3. The van der Waals surface area contributed by atoms with E-state index in [1.165, 1.54) is 0 Å². The molecule has 0 radical (unpaired) electrons. The van der Waals surface area contributed by atoms with Gasteiger partial charge in [0.05, 0.1) is 11.9 Å². The minimum atomic E-state index is 0.424. The highest BCUT2D eigenvalue weighted by molar-refractivity contribution is 5.56. The molecule has 0 atom stereocenters. The maximum absolute atomic E-state index is 5.46. The average molecular weight is 140 g/mol. The molecule has 0 spiro atoms. The van der Waals surface area contributed by atoms with E-state index >= 15 is 0 Å². The summed E-state index contributed by atoms with van der Waals surface area (Å²) < 4.78 is 1.75. The molecule has 0 bridgehead atoms. The fraction of sp³-hybridized carbons (Fsp3) is 0.500. The quantitative estimate of drug-likeness (QED) is 0.626. The molecule has 4 N–H and O–H groups in total. The van der Waals surface area contributed by atoms with Crippen molar-refractivity contribution >= 4 is 11.5 Å². The van der Waals surface area contributed by atoms with E-state index in [0.29, 0.717) is 11.5 Å². The maximum atomic E-state index is 5.46. The second-order valence-electron chi connectivity index (χ2n) is 2.23. The molecule has 0 saturated heterocycles. The predicted molar refractivity (Wildman–Crippen MR) is 41.3 cm³/mol. The fourth-order valence-corrected chi connectivity index (χ4v) is 0.795. The summed E-state index contributed by atoms with van der Waals surface area (Å²) in [5.41, 5.74) is 11.4. The number of nitrogen functional groups attached to an aromatic ring is 2. The molecule has 0 fully saturated rings. The third kappa shape index (κ3) is 1.21. The molecule has 0 aliphatic heterocycles. The molecular formula is C6H12N4. The van der Waals surface area contributed by atoms with Crippen molar-refractivity contribution in [2.45, 2.75) is 19.9 Å². The summed E-state index contributed by atoms with van der Waals surface area (Å²) >= 11 is 0. The second-order valence-corrected chi connectivity index (χ2v) is 2.23. The smallest absolute Gasteiger partial charge is 0.168 e. The Bertz CT molecular complexity index is 196. The lowest BCUT2D eigenvalue weighted by atomic mass is 10.5. The van der Waals surface area contributed by atoms with Gasteiger partial charge < -0.3 is 11.5 Å². The first-order valence-corrected chi connectivity index (χ1v) is 3.32. The summed E-state index contributed by atoms with van der Waals surface area (Å²) in [5.74, 6) is 0.424. The first kappa shape index (κ1) is 6.92. The van der Waals surface area contributed by atoms with Crippen LogP contribution in [0.2, 0.25) is 0 Å². The third-order valence-electron chi connectivity index (χ3n) is 1.27. The van der Waals surface area contributed by atoms with Crippen molar-refractivity contribution in [1.29, 1.82) is 0 Å². The topological polar surface area (TPSA) is 69.9 Å². The number of aromatic nitrogens is 2. The molecule has 4 nitrogen and oxygen atoms in total. The molecule has 0 aliphatic carbocycles. The standard InChI is InChI=1S/C6H12N4/c1-2-3-10-4-5(7)6(8)9-10/h4H,2-3,7H2,1H3,(H2,8,9). The van der Waals surface area contributed by atoms with Crippen molar-refractivity contribution in [3.8, 4) is 0 Å². The summed E-state index contributed by atoms with van der Waals surface area (Å²) in [6.07, 6.45) is 2.79. The normalized spacial score (nSPS) is 10.1. The largest absolute Gasteiger partial charge is 0.394 e. The van der Waals surface area contributed by atoms with Gasteiger partial charge in [0.15, 0.2) is 5.82 Å². The van der Waals surface area contributed by atoms with E-state index in [9.17, 15) is 0 Å². The molecule has 1 aromatic rings. The van der Waals surface area contributed by atoms with Crippen LogP contribution in [0.1, 0.15) is 13.3 Å². The van der Waals surface area contributed by atoms with E-state index in [1.54, 1.807) is 10.9 Å². The predicted octanol–water partition coefficient (Wildman–Crippen LogP) is 0.458. The minimum absolute atomic E-state index is 0.424. The van der Waals surface area contributed by atoms with Crippen LogP contribution in [-0.2, 0) is 6.54 Å². The first-order chi connectivity index (χ1) is 4.74. The van der Waals surface area contributed by atoms with E-state index in [1.807, 2.05) is 0 Å². The Balaban J connectivity index is 2.77. The van der Waals surface area contributed by atoms with E-state index in [2.05, 4.69) is 12.0 Å². The first-order valence-electron chi connectivity index (χ1n) is 3.32. The van der Waals surface area contributed by atoms with Gasteiger partial charge in [0.1, 0.15) is 0 Å². The molecule has 0 unspecified atom stereocenters. The van der Waals surface area contributed by atoms with Gasteiger partial charge in [-0.1, -0.05) is 6.92 Å². The number of anilines is 2. The maximum Gasteiger partial charge on any atom is 0.168 e. The average Bonchev–Trinajstić information content (AvgIpc) is 2.14. The van der Waals surface area contributed by atoms with Crippen LogP contribution < -0.4 is 11.5 Å². The second kappa shape index (κ2) is 2.60. The SMILES string of the molecule is CCCn1cc(N)c(N)n1. The van der Waals surface area contributed by atoms with Crippen molar-refractivity contribution in [3.05, 3.63) is 6.20 Å². The van der Waals surface area contributed by atoms with Gasteiger partial charge in [-0.25, -0.2) is 0 Å². The molecule has 1 rings (SSSR count). The molecule has 0 aliphatic rings. The lowest BCUT2D eigenvalue weighted by molar-refractivity contribution is 0.605. The van der Waals surface area contributed by atoms with Gasteiger partial charge in [-0.2, -0.15) is 5.10 Å².